The molecule has 4 aromatic rings. The highest BCUT2D eigenvalue weighted by atomic mass is 32.1. The first-order chi connectivity index (χ1) is 14.1. The lowest BCUT2D eigenvalue weighted by atomic mass is 10.1. The summed E-state index contributed by atoms with van der Waals surface area (Å²) in [5, 5.41) is 3.04. The van der Waals surface area contributed by atoms with E-state index in [1.54, 1.807) is 12.7 Å². The van der Waals surface area contributed by atoms with Crippen molar-refractivity contribution in [3.63, 3.8) is 0 Å². The van der Waals surface area contributed by atoms with Crippen molar-refractivity contribution in [3.8, 4) is 16.9 Å². The monoisotopic (exact) mass is 401 g/mol. The summed E-state index contributed by atoms with van der Waals surface area (Å²) >= 11 is 4.35. The molecule has 0 unspecified atom stereocenters. The van der Waals surface area contributed by atoms with Crippen molar-refractivity contribution in [1.29, 1.82) is 0 Å². The molecule has 0 spiro atoms. The van der Waals surface area contributed by atoms with Gasteiger partial charge in [0.2, 0.25) is 0 Å². The van der Waals surface area contributed by atoms with Crippen molar-refractivity contribution < 1.29 is 4.79 Å². The average molecular weight is 401 g/mol. The smallest absolute Gasteiger partial charge is 0.251 e. The Kier molecular flexibility index (Phi) is 4.32. The number of nitrogens with zero attached hydrogens (tertiary/aromatic N) is 4. The van der Waals surface area contributed by atoms with Crippen molar-refractivity contribution >= 4 is 29.7 Å². The highest BCUT2D eigenvalue weighted by molar-refractivity contribution is 7.80. The molecule has 5 rings (SSSR count). The fourth-order valence-electron chi connectivity index (χ4n) is 3.35. The molecule has 1 N–H and O–H groups in total. The van der Waals surface area contributed by atoms with Crippen LogP contribution in [0.3, 0.4) is 0 Å². The van der Waals surface area contributed by atoms with Gasteiger partial charge in [-0.05, 0) is 49.6 Å². The van der Waals surface area contributed by atoms with Crippen LogP contribution in [0.1, 0.15) is 28.8 Å². The van der Waals surface area contributed by atoms with E-state index in [1.807, 2.05) is 54.0 Å². The van der Waals surface area contributed by atoms with Gasteiger partial charge in [0, 0.05) is 22.1 Å². The lowest BCUT2D eigenvalue weighted by molar-refractivity contribution is 0.0951. The summed E-state index contributed by atoms with van der Waals surface area (Å²) in [5.41, 5.74) is 5.69. The second kappa shape index (κ2) is 7.00. The third-order valence-corrected chi connectivity index (χ3v) is 5.42. The molecule has 144 valence electrons. The minimum absolute atomic E-state index is 0.0414. The Hall–Kier alpha value is -3.19. The van der Waals surface area contributed by atoms with Gasteiger partial charge in [-0.25, -0.2) is 15.0 Å². The molecule has 2 heterocycles. The number of thiol groups is 1. The summed E-state index contributed by atoms with van der Waals surface area (Å²) in [4.78, 5) is 26.9. The maximum atomic E-state index is 12.5. The van der Waals surface area contributed by atoms with Crippen LogP contribution in [0.5, 0.6) is 0 Å². The molecule has 6 nitrogen and oxygen atoms in total. The largest absolute Gasteiger partial charge is 0.349 e. The first-order valence-corrected chi connectivity index (χ1v) is 9.94. The Bertz CT molecular complexity index is 1230. The van der Waals surface area contributed by atoms with Gasteiger partial charge < -0.3 is 5.32 Å². The van der Waals surface area contributed by atoms with Gasteiger partial charge in [0.05, 0.1) is 5.69 Å². The van der Waals surface area contributed by atoms with Crippen molar-refractivity contribution in [3.05, 3.63) is 66.2 Å². The number of benzene rings is 2. The molecule has 29 heavy (non-hydrogen) atoms. The second-order valence-electron chi connectivity index (χ2n) is 7.30. The van der Waals surface area contributed by atoms with E-state index in [1.165, 1.54) is 0 Å². The predicted molar refractivity (Wildman–Crippen MR) is 115 cm³/mol. The highest BCUT2D eigenvalue weighted by Crippen LogP contribution is 2.28. The van der Waals surface area contributed by atoms with E-state index in [0.29, 0.717) is 22.8 Å². The van der Waals surface area contributed by atoms with Crippen molar-refractivity contribution in [2.24, 2.45) is 0 Å². The Morgan fingerprint density at radius 3 is 2.66 bits per heavy atom. The number of hydrogen-bond acceptors (Lipinski definition) is 5. The molecular formula is C22H19N5OS. The number of aromatic nitrogens is 4. The molecule has 0 radical (unpaired) electrons. The lowest BCUT2D eigenvalue weighted by Gasteiger charge is -2.11. The van der Waals surface area contributed by atoms with Gasteiger partial charge in [-0.1, -0.05) is 18.2 Å². The summed E-state index contributed by atoms with van der Waals surface area (Å²) < 4.78 is 1.91. The molecule has 7 heteroatoms. The molecule has 1 aliphatic rings. The van der Waals surface area contributed by atoms with E-state index < -0.39 is 0 Å². The Morgan fingerprint density at radius 1 is 1.10 bits per heavy atom. The second-order valence-corrected chi connectivity index (χ2v) is 7.82. The summed E-state index contributed by atoms with van der Waals surface area (Å²) in [6.07, 6.45) is 5.40. The lowest BCUT2D eigenvalue weighted by Crippen LogP contribution is -2.25. The fourth-order valence-corrected chi connectivity index (χ4v) is 3.50. The van der Waals surface area contributed by atoms with Gasteiger partial charge in [0.25, 0.3) is 5.91 Å². The molecule has 1 fully saturated rings. The van der Waals surface area contributed by atoms with Gasteiger partial charge in [-0.2, -0.15) is 0 Å². The van der Waals surface area contributed by atoms with E-state index in [9.17, 15) is 4.79 Å². The van der Waals surface area contributed by atoms with E-state index in [4.69, 9.17) is 0 Å². The molecule has 0 atom stereocenters. The van der Waals surface area contributed by atoms with Crippen LogP contribution in [0.4, 0.5) is 0 Å². The topological polar surface area (TPSA) is 72.7 Å². The molecular weight excluding hydrogens is 382 g/mol. The zero-order valence-corrected chi connectivity index (χ0v) is 16.7. The molecule has 0 bridgehead atoms. The zero-order chi connectivity index (χ0) is 20.0. The quantitative estimate of drug-likeness (QED) is 0.508. The number of hydrogen-bond donors (Lipinski definition) is 2. The molecule has 0 aliphatic heterocycles. The van der Waals surface area contributed by atoms with Gasteiger partial charge in [-0.3, -0.25) is 9.36 Å². The number of rotatable bonds is 4. The Labute approximate surface area is 173 Å². The van der Waals surface area contributed by atoms with E-state index in [-0.39, 0.29) is 5.91 Å². The number of imidazole rings is 1. The Balaban J connectivity index is 1.60. The third kappa shape index (κ3) is 3.38. The van der Waals surface area contributed by atoms with Crippen LogP contribution in [0, 0.1) is 6.92 Å². The zero-order valence-electron chi connectivity index (χ0n) is 15.8. The van der Waals surface area contributed by atoms with Crippen LogP contribution in [-0.4, -0.2) is 31.5 Å². The van der Waals surface area contributed by atoms with Crippen LogP contribution >= 0.6 is 12.6 Å². The molecule has 1 aliphatic carbocycles. The van der Waals surface area contributed by atoms with E-state index in [0.717, 1.165) is 40.2 Å². The van der Waals surface area contributed by atoms with E-state index >= 15 is 0 Å². The maximum absolute atomic E-state index is 12.5. The van der Waals surface area contributed by atoms with Crippen LogP contribution in [-0.2, 0) is 0 Å². The first-order valence-electron chi connectivity index (χ1n) is 9.49. The average Bonchev–Trinajstić information content (AvgIpc) is 3.44. The predicted octanol–water partition coefficient (Wildman–Crippen LogP) is 3.97. The number of carbonyl (C=O) groups is 1. The van der Waals surface area contributed by atoms with Crippen molar-refractivity contribution in [1.82, 2.24) is 24.8 Å². The van der Waals surface area contributed by atoms with Crippen LogP contribution < -0.4 is 5.32 Å². The van der Waals surface area contributed by atoms with Gasteiger partial charge in [-0.15, -0.1) is 12.6 Å². The summed E-state index contributed by atoms with van der Waals surface area (Å²) in [6.45, 7) is 2.01. The molecule has 0 saturated heterocycles. The van der Waals surface area contributed by atoms with Crippen LogP contribution in [0.25, 0.3) is 28.1 Å². The minimum Gasteiger partial charge on any atom is -0.349 e. The molecule has 2 aromatic heterocycles. The number of aryl methyl sites for hydroxylation is 1. The van der Waals surface area contributed by atoms with Crippen LogP contribution in [0.2, 0.25) is 0 Å². The summed E-state index contributed by atoms with van der Waals surface area (Å²) in [5.74, 6) is -0.0414. The maximum Gasteiger partial charge on any atom is 0.251 e. The highest BCUT2D eigenvalue weighted by Gasteiger charge is 2.24. The van der Waals surface area contributed by atoms with Gasteiger partial charge >= 0.3 is 0 Å². The molecule has 1 amide bonds. The minimum atomic E-state index is -0.0414. The summed E-state index contributed by atoms with van der Waals surface area (Å²) in [6, 6.07) is 13.8. The number of fused-ring (bicyclic) bond motifs is 1. The fraction of sp³-hybridized carbons (Fsp3) is 0.182. The van der Waals surface area contributed by atoms with E-state index in [2.05, 4.69) is 32.9 Å². The molecule has 1 saturated carbocycles. The van der Waals surface area contributed by atoms with Crippen LogP contribution in [0.15, 0.2) is 60.0 Å². The SMILES string of the molecule is Cc1ccc(C(=O)NC2CC2)cc1-n1cnc2c(-c3ccc(S)cc3)ncnc21. The van der Waals surface area contributed by atoms with Gasteiger partial charge in [0.15, 0.2) is 5.65 Å². The number of nitrogens with one attached hydrogen (secondary N) is 1. The number of amides is 1. The Morgan fingerprint density at radius 2 is 1.90 bits per heavy atom. The number of carbonyl (C=O) groups excluding carboxylic acids is 1. The van der Waals surface area contributed by atoms with Gasteiger partial charge in [0.1, 0.15) is 23.9 Å². The van der Waals surface area contributed by atoms with Crippen molar-refractivity contribution in [2.75, 3.05) is 0 Å². The normalized spacial score (nSPS) is 13.6. The first kappa shape index (κ1) is 17.9. The van der Waals surface area contributed by atoms with Crippen molar-refractivity contribution in [2.45, 2.75) is 30.7 Å². The third-order valence-electron chi connectivity index (χ3n) is 5.12. The standard InChI is InChI=1S/C22H19N5OS/c1-13-2-3-15(22(28)26-16-6-7-16)10-18(13)27-12-25-20-19(23-11-24-21(20)27)14-4-8-17(29)9-5-14/h2-5,8-12,16,29H,6-7H2,1H3,(H,26,28). The summed E-state index contributed by atoms with van der Waals surface area (Å²) in [7, 11) is 0. The molecule has 2 aromatic carbocycles.